The van der Waals surface area contributed by atoms with Crippen molar-refractivity contribution in [2.45, 2.75) is 44.6 Å². The van der Waals surface area contributed by atoms with Gasteiger partial charge in [0.25, 0.3) is 0 Å². The summed E-state index contributed by atoms with van der Waals surface area (Å²) in [5.41, 5.74) is 0.848. The van der Waals surface area contributed by atoms with Gasteiger partial charge in [-0.05, 0) is 37.0 Å². The van der Waals surface area contributed by atoms with Crippen LogP contribution in [0.3, 0.4) is 0 Å². The molecule has 2 rings (SSSR count). The van der Waals surface area contributed by atoms with Crippen LogP contribution in [0, 0.1) is 0 Å². The standard InChI is InChI=1S/C16H22N2O3/c1-2-12-6-5-7-13(10-12)18-15(20)14(19)17-11-16(21)8-3-4-9-16/h5-7,10,21H,2-4,8-9,11H2,1H3,(H,17,19)(H,18,20). The fourth-order valence-electron chi connectivity index (χ4n) is 2.59. The van der Waals surface area contributed by atoms with Crippen LogP contribution in [0.15, 0.2) is 24.3 Å². The highest BCUT2D eigenvalue weighted by Gasteiger charge is 2.32. The Morgan fingerprint density at radius 3 is 2.62 bits per heavy atom. The van der Waals surface area contributed by atoms with Crippen LogP contribution in [0.25, 0.3) is 0 Å². The van der Waals surface area contributed by atoms with Crippen molar-refractivity contribution < 1.29 is 14.7 Å². The van der Waals surface area contributed by atoms with Crippen LogP contribution in [0.1, 0.15) is 38.2 Å². The number of rotatable bonds is 4. The summed E-state index contributed by atoms with van der Waals surface area (Å²) in [6.45, 7) is 2.16. The zero-order chi connectivity index (χ0) is 15.3. The average Bonchev–Trinajstić information content (AvgIpc) is 2.92. The molecule has 1 fully saturated rings. The number of aliphatic hydroxyl groups is 1. The monoisotopic (exact) mass is 290 g/mol. The van der Waals surface area contributed by atoms with Gasteiger partial charge in [-0.15, -0.1) is 0 Å². The maximum atomic E-state index is 11.8. The molecular weight excluding hydrogens is 268 g/mol. The molecule has 0 heterocycles. The van der Waals surface area contributed by atoms with E-state index >= 15 is 0 Å². The quantitative estimate of drug-likeness (QED) is 0.737. The van der Waals surface area contributed by atoms with Crippen LogP contribution < -0.4 is 10.6 Å². The lowest BCUT2D eigenvalue weighted by atomic mass is 10.0. The number of aryl methyl sites for hydroxylation is 1. The highest BCUT2D eigenvalue weighted by molar-refractivity contribution is 6.39. The summed E-state index contributed by atoms with van der Waals surface area (Å²) in [4.78, 5) is 23.6. The van der Waals surface area contributed by atoms with E-state index in [9.17, 15) is 14.7 Å². The van der Waals surface area contributed by atoms with Crippen molar-refractivity contribution in [3.8, 4) is 0 Å². The van der Waals surface area contributed by atoms with E-state index in [2.05, 4.69) is 10.6 Å². The van der Waals surface area contributed by atoms with Crippen LogP contribution in [0.4, 0.5) is 5.69 Å². The molecule has 0 aromatic heterocycles. The Labute approximate surface area is 124 Å². The predicted octanol–water partition coefficient (Wildman–Crippen LogP) is 1.61. The maximum Gasteiger partial charge on any atom is 0.313 e. The highest BCUT2D eigenvalue weighted by atomic mass is 16.3. The summed E-state index contributed by atoms with van der Waals surface area (Å²) >= 11 is 0. The number of nitrogens with one attached hydrogen (secondary N) is 2. The molecule has 0 unspecified atom stereocenters. The molecule has 1 saturated carbocycles. The molecule has 5 nitrogen and oxygen atoms in total. The molecular formula is C16H22N2O3. The third kappa shape index (κ3) is 4.29. The van der Waals surface area contributed by atoms with E-state index in [0.717, 1.165) is 24.8 Å². The Hall–Kier alpha value is -1.88. The fraction of sp³-hybridized carbons (Fsp3) is 0.500. The Morgan fingerprint density at radius 1 is 1.24 bits per heavy atom. The number of anilines is 1. The minimum Gasteiger partial charge on any atom is -0.388 e. The normalized spacial score (nSPS) is 16.5. The first-order chi connectivity index (χ1) is 10.0. The zero-order valence-electron chi connectivity index (χ0n) is 12.3. The van der Waals surface area contributed by atoms with Crippen LogP contribution in [0.2, 0.25) is 0 Å². The second kappa shape index (κ2) is 6.72. The van der Waals surface area contributed by atoms with E-state index in [1.54, 1.807) is 6.07 Å². The van der Waals surface area contributed by atoms with Gasteiger partial charge in [0.2, 0.25) is 0 Å². The van der Waals surface area contributed by atoms with Gasteiger partial charge in [0, 0.05) is 12.2 Å². The lowest BCUT2D eigenvalue weighted by molar-refractivity contribution is -0.136. The lowest BCUT2D eigenvalue weighted by Gasteiger charge is -2.22. The molecule has 5 heteroatoms. The first-order valence-corrected chi connectivity index (χ1v) is 7.43. The van der Waals surface area contributed by atoms with Gasteiger partial charge in [-0.25, -0.2) is 0 Å². The third-order valence-electron chi connectivity index (χ3n) is 3.91. The SMILES string of the molecule is CCc1cccc(NC(=O)C(=O)NCC2(O)CCCC2)c1. The Bertz CT molecular complexity index is 522. The molecule has 1 aromatic rings. The van der Waals surface area contributed by atoms with Crippen molar-refractivity contribution in [3.63, 3.8) is 0 Å². The Balaban J connectivity index is 1.86. The molecule has 3 N–H and O–H groups in total. The van der Waals surface area contributed by atoms with Gasteiger partial charge in [-0.1, -0.05) is 31.9 Å². The van der Waals surface area contributed by atoms with Gasteiger partial charge in [-0.2, -0.15) is 0 Å². The van der Waals surface area contributed by atoms with Crippen molar-refractivity contribution in [1.82, 2.24) is 5.32 Å². The summed E-state index contributed by atoms with van der Waals surface area (Å²) in [5, 5.41) is 15.2. The minimum atomic E-state index is -0.849. The van der Waals surface area contributed by atoms with Crippen LogP contribution in [-0.2, 0) is 16.0 Å². The smallest absolute Gasteiger partial charge is 0.313 e. The first-order valence-electron chi connectivity index (χ1n) is 7.43. The van der Waals surface area contributed by atoms with E-state index in [1.807, 2.05) is 25.1 Å². The van der Waals surface area contributed by atoms with E-state index in [-0.39, 0.29) is 6.54 Å². The van der Waals surface area contributed by atoms with Gasteiger partial charge < -0.3 is 15.7 Å². The number of benzene rings is 1. The molecule has 2 amide bonds. The van der Waals surface area contributed by atoms with Crippen molar-refractivity contribution in [3.05, 3.63) is 29.8 Å². The van der Waals surface area contributed by atoms with E-state index in [0.29, 0.717) is 18.5 Å². The van der Waals surface area contributed by atoms with E-state index < -0.39 is 17.4 Å². The molecule has 21 heavy (non-hydrogen) atoms. The van der Waals surface area contributed by atoms with Crippen molar-refractivity contribution in [2.75, 3.05) is 11.9 Å². The second-order valence-corrected chi connectivity index (χ2v) is 5.62. The Kier molecular flexibility index (Phi) is 4.96. The minimum absolute atomic E-state index is 0.133. The molecule has 1 aliphatic rings. The molecule has 114 valence electrons. The first kappa shape index (κ1) is 15.5. The number of hydrogen-bond donors (Lipinski definition) is 3. The summed E-state index contributed by atoms with van der Waals surface area (Å²) in [6.07, 6.45) is 4.13. The van der Waals surface area contributed by atoms with Gasteiger partial charge in [0.15, 0.2) is 0 Å². The van der Waals surface area contributed by atoms with E-state index in [1.165, 1.54) is 0 Å². The molecule has 0 bridgehead atoms. The summed E-state index contributed by atoms with van der Waals surface area (Å²) in [6, 6.07) is 7.39. The average molecular weight is 290 g/mol. The molecule has 1 aromatic carbocycles. The van der Waals surface area contributed by atoms with Crippen molar-refractivity contribution in [1.29, 1.82) is 0 Å². The van der Waals surface area contributed by atoms with Gasteiger partial charge in [0.05, 0.1) is 5.60 Å². The largest absolute Gasteiger partial charge is 0.388 e. The lowest BCUT2D eigenvalue weighted by Crippen LogP contribution is -2.44. The third-order valence-corrected chi connectivity index (χ3v) is 3.91. The zero-order valence-corrected chi connectivity index (χ0v) is 12.3. The molecule has 0 radical (unpaired) electrons. The second-order valence-electron chi connectivity index (χ2n) is 5.62. The van der Waals surface area contributed by atoms with Crippen LogP contribution in [-0.4, -0.2) is 29.1 Å². The topological polar surface area (TPSA) is 78.4 Å². The molecule has 1 aliphatic carbocycles. The van der Waals surface area contributed by atoms with Crippen molar-refractivity contribution in [2.24, 2.45) is 0 Å². The van der Waals surface area contributed by atoms with Crippen LogP contribution >= 0.6 is 0 Å². The maximum absolute atomic E-state index is 11.8. The predicted molar refractivity (Wildman–Crippen MR) is 80.9 cm³/mol. The highest BCUT2D eigenvalue weighted by Crippen LogP contribution is 2.28. The van der Waals surface area contributed by atoms with Crippen LogP contribution in [0.5, 0.6) is 0 Å². The fourth-order valence-corrected chi connectivity index (χ4v) is 2.59. The number of carbonyl (C=O) groups is 2. The molecule has 0 atom stereocenters. The Morgan fingerprint density at radius 2 is 1.95 bits per heavy atom. The number of carbonyl (C=O) groups excluding carboxylic acids is 2. The number of amides is 2. The van der Waals surface area contributed by atoms with E-state index in [4.69, 9.17) is 0 Å². The molecule has 0 aliphatic heterocycles. The summed E-state index contributed by atoms with van der Waals surface area (Å²) < 4.78 is 0. The number of hydrogen-bond acceptors (Lipinski definition) is 3. The van der Waals surface area contributed by atoms with Crippen molar-refractivity contribution >= 4 is 17.5 Å². The molecule has 0 spiro atoms. The van der Waals surface area contributed by atoms with Gasteiger partial charge >= 0.3 is 11.8 Å². The van der Waals surface area contributed by atoms with Gasteiger partial charge in [-0.3, -0.25) is 9.59 Å². The molecule has 0 saturated heterocycles. The van der Waals surface area contributed by atoms with Gasteiger partial charge in [0.1, 0.15) is 0 Å². The summed E-state index contributed by atoms with van der Waals surface area (Å²) in [7, 11) is 0. The summed E-state index contributed by atoms with van der Waals surface area (Å²) in [5.74, 6) is -1.41.